The molecule has 0 amide bonds. The van der Waals surface area contributed by atoms with Crippen molar-refractivity contribution in [3.8, 4) is 0 Å². The summed E-state index contributed by atoms with van der Waals surface area (Å²) in [5.74, 6) is -1.30. The van der Waals surface area contributed by atoms with E-state index in [1.165, 1.54) is 12.7 Å². The molecule has 0 aromatic carbocycles. The summed E-state index contributed by atoms with van der Waals surface area (Å²) in [5.41, 5.74) is 2.89. The fourth-order valence-corrected chi connectivity index (χ4v) is 1.58. The largest absolute Gasteiger partial charge is 0.459 e. The van der Waals surface area contributed by atoms with E-state index in [4.69, 9.17) is 9.47 Å². The van der Waals surface area contributed by atoms with Gasteiger partial charge in [0.25, 0.3) is 0 Å². The number of ether oxygens (including phenoxy) is 2. The number of nitrogens with one attached hydrogen (secondary N) is 2. The Kier molecular flexibility index (Phi) is 4.70. The highest BCUT2D eigenvalue weighted by Gasteiger charge is 2.14. The Hall–Kier alpha value is -2.64. The summed E-state index contributed by atoms with van der Waals surface area (Å²) in [6.45, 7) is 3.69. The smallest absolute Gasteiger partial charge is 0.317 e. The van der Waals surface area contributed by atoms with Crippen LogP contribution in [0.4, 0.5) is 0 Å². The number of aryl methyl sites for hydroxylation is 2. The summed E-state index contributed by atoms with van der Waals surface area (Å²) >= 11 is 0. The number of carbonyl (C=O) groups excluding carboxylic acids is 2. The molecule has 2 heterocycles. The second kappa shape index (κ2) is 6.69. The SMILES string of the molecule is Cc1[nH]cnc1COC(=O)CC(=O)OCc1nc[nH]c1C. The molecule has 0 bridgehead atoms. The van der Waals surface area contributed by atoms with Gasteiger partial charge in [0.2, 0.25) is 0 Å². The molecule has 112 valence electrons. The van der Waals surface area contributed by atoms with Crippen molar-refractivity contribution in [2.45, 2.75) is 33.5 Å². The first-order chi connectivity index (χ1) is 10.1. The number of rotatable bonds is 6. The Morgan fingerprint density at radius 2 is 1.38 bits per heavy atom. The monoisotopic (exact) mass is 292 g/mol. The minimum atomic E-state index is -0.652. The molecule has 0 aliphatic heterocycles. The van der Waals surface area contributed by atoms with E-state index in [0.29, 0.717) is 11.4 Å². The zero-order valence-electron chi connectivity index (χ0n) is 11.8. The molecule has 2 aromatic heterocycles. The number of hydrogen-bond donors (Lipinski definition) is 2. The molecule has 0 saturated carbocycles. The molecule has 2 N–H and O–H groups in total. The standard InChI is InChI=1S/C13H16N4O4/c1-8-10(16-6-14-8)4-20-12(18)3-13(19)21-5-11-9(2)15-7-17-11/h6-7H,3-5H2,1-2H3,(H,14,16)(H,15,17). The normalized spacial score (nSPS) is 10.4. The first-order valence-electron chi connectivity index (χ1n) is 6.35. The van der Waals surface area contributed by atoms with Gasteiger partial charge in [-0.3, -0.25) is 9.59 Å². The average molecular weight is 292 g/mol. The summed E-state index contributed by atoms with van der Waals surface area (Å²) in [4.78, 5) is 36.7. The molecule has 0 aliphatic rings. The van der Waals surface area contributed by atoms with Gasteiger partial charge in [0.1, 0.15) is 19.6 Å². The highest BCUT2D eigenvalue weighted by molar-refractivity contribution is 5.91. The van der Waals surface area contributed by atoms with E-state index in [0.717, 1.165) is 11.4 Å². The molecule has 0 unspecified atom stereocenters. The minimum absolute atomic E-state index is 0.0277. The lowest BCUT2D eigenvalue weighted by Crippen LogP contribution is -2.14. The number of imidazole rings is 2. The van der Waals surface area contributed by atoms with Gasteiger partial charge >= 0.3 is 11.9 Å². The number of carbonyl (C=O) groups is 2. The summed E-state index contributed by atoms with van der Waals surface area (Å²) in [5, 5.41) is 0. The topological polar surface area (TPSA) is 110 Å². The first-order valence-corrected chi connectivity index (χ1v) is 6.35. The van der Waals surface area contributed by atoms with E-state index in [1.807, 2.05) is 13.8 Å². The second-order valence-electron chi connectivity index (χ2n) is 4.45. The Balaban J connectivity index is 1.71. The predicted octanol–water partition coefficient (Wildman–Crippen LogP) is 0.926. The molecule has 0 saturated heterocycles. The van der Waals surface area contributed by atoms with Gasteiger partial charge in [-0.05, 0) is 13.8 Å². The van der Waals surface area contributed by atoms with Gasteiger partial charge < -0.3 is 19.4 Å². The zero-order chi connectivity index (χ0) is 15.2. The van der Waals surface area contributed by atoms with Crippen LogP contribution in [-0.2, 0) is 32.3 Å². The Bertz CT molecular complexity index is 577. The maximum atomic E-state index is 11.5. The maximum Gasteiger partial charge on any atom is 0.317 e. The third kappa shape index (κ3) is 4.16. The molecule has 0 aliphatic carbocycles. The maximum absolute atomic E-state index is 11.5. The number of nitrogens with zero attached hydrogens (tertiary/aromatic N) is 2. The van der Waals surface area contributed by atoms with Crippen molar-refractivity contribution < 1.29 is 19.1 Å². The quantitative estimate of drug-likeness (QED) is 0.605. The highest BCUT2D eigenvalue weighted by atomic mass is 16.6. The average Bonchev–Trinajstić information content (AvgIpc) is 3.03. The van der Waals surface area contributed by atoms with E-state index in [9.17, 15) is 9.59 Å². The zero-order valence-corrected chi connectivity index (χ0v) is 11.8. The van der Waals surface area contributed by atoms with Crippen molar-refractivity contribution in [2.24, 2.45) is 0 Å². The molecule has 0 spiro atoms. The number of aromatic amines is 2. The third-order valence-corrected chi connectivity index (χ3v) is 2.90. The summed E-state index contributed by atoms with van der Waals surface area (Å²) in [6, 6.07) is 0. The van der Waals surface area contributed by atoms with Gasteiger partial charge in [-0.25, -0.2) is 9.97 Å². The molecule has 8 heteroatoms. The minimum Gasteiger partial charge on any atom is -0.459 e. The van der Waals surface area contributed by atoms with Crippen molar-refractivity contribution >= 4 is 11.9 Å². The van der Waals surface area contributed by atoms with Crippen molar-refractivity contribution in [2.75, 3.05) is 0 Å². The van der Waals surface area contributed by atoms with E-state index in [2.05, 4.69) is 19.9 Å². The van der Waals surface area contributed by atoms with Gasteiger partial charge in [0, 0.05) is 11.4 Å². The van der Waals surface area contributed by atoms with Gasteiger partial charge in [0.05, 0.1) is 24.0 Å². The lowest BCUT2D eigenvalue weighted by molar-refractivity contribution is -0.156. The van der Waals surface area contributed by atoms with Crippen LogP contribution in [0.25, 0.3) is 0 Å². The summed E-state index contributed by atoms with van der Waals surface area (Å²) in [6.07, 6.45) is 2.59. The van der Waals surface area contributed by atoms with Crippen LogP contribution in [0.1, 0.15) is 29.2 Å². The molecule has 0 radical (unpaired) electrons. The van der Waals surface area contributed by atoms with Gasteiger partial charge in [0.15, 0.2) is 0 Å². The molecular formula is C13H16N4O4. The van der Waals surface area contributed by atoms with Crippen molar-refractivity contribution in [3.05, 3.63) is 35.4 Å². The van der Waals surface area contributed by atoms with Gasteiger partial charge in [-0.15, -0.1) is 0 Å². The van der Waals surface area contributed by atoms with Crippen LogP contribution in [-0.4, -0.2) is 31.9 Å². The third-order valence-electron chi connectivity index (χ3n) is 2.90. The van der Waals surface area contributed by atoms with Crippen LogP contribution in [0.5, 0.6) is 0 Å². The van der Waals surface area contributed by atoms with Crippen molar-refractivity contribution in [1.29, 1.82) is 0 Å². The van der Waals surface area contributed by atoms with Gasteiger partial charge in [-0.1, -0.05) is 0 Å². The van der Waals surface area contributed by atoms with E-state index in [1.54, 1.807) is 0 Å². The summed E-state index contributed by atoms with van der Waals surface area (Å²) in [7, 11) is 0. The first kappa shape index (κ1) is 14.8. The van der Waals surface area contributed by atoms with Crippen LogP contribution in [0.2, 0.25) is 0 Å². The van der Waals surface area contributed by atoms with Crippen LogP contribution in [0, 0.1) is 13.8 Å². The lowest BCUT2D eigenvalue weighted by Gasteiger charge is -2.05. The number of aromatic nitrogens is 4. The van der Waals surface area contributed by atoms with Gasteiger partial charge in [-0.2, -0.15) is 0 Å². The number of esters is 2. The second-order valence-corrected chi connectivity index (χ2v) is 4.45. The fraction of sp³-hybridized carbons (Fsp3) is 0.385. The van der Waals surface area contributed by atoms with E-state index in [-0.39, 0.29) is 13.2 Å². The Morgan fingerprint density at radius 3 is 1.71 bits per heavy atom. The van der Waals surface area contributed by atoms with Crippen LogP contribution < -0.4 is 0 Å². The molecule has 2 rings (SSSR count). The Morgan fingerprint density at radius 1 is 0.952 bits per heavy atom. The van der Waals surface area contributed by atoms with Crippen LogP contribution in [0.3, 0.4) is 0 Å². The molecule has 21 heavy (non-hydrogen) atoms. The molecule has 8 nitrogen and oxygen atoms in total. The van der Waals surface area contributed by atoms with E-state index < -0.39 is 18.4 Å². The highest BCUT2D eigenvalue weighted by Crippen LogP contribution is 2.05. The number of H-pyrrole nitrogens is 2. The molecular weight excluding hydrogens is 276 g/mol. The fourth-order valence-electron chi connectivity index (χ4n) is 1.58. The molecule has 0 fully saturated rings. The lowest BCUT2D eigenvalue weighted by atomic mass is 10.3. The summed E-state index contributed by atoms with van der Waals surface area (Å²) < 4.78 is 9.91. The van der Waals surface area contributed by atoms with Crippen LogP contribution >= 0.6 is 0 Å². The van der Waals surface area contributed by atoms with Crippen LogP contribution in [0.15, 0.2) is 12.7 Å². The Labute approximate surface area is 120 Å². The van der Waals surface area contributed by atoms with Crippen molar-refractivity contribution in [1.82, 2.24) is 19.9 Å². The van der Waals surface area contributed by atoms with Crippen molar-refractivity contribution in [3.63, 3.8) is 0 Å². The van der Waals surface area contributed by atoms with E-state index >= 15 is 0 Å². The molecule has 2 aromatic rings. The number of hydrogen-bond acceptors (Lipinski definition) is 6. The molecule has 0 atom stereocenters. The predicted molar refractivity (Wildman–Crippen MR) is 70.9 cm³/mol.